The van der Waals surface area contributed by atoms with Gasteiger partial charge in [-0.3, -0.25) is 4.79 Å². The molecule has 1 aromatic rings. The highest BCUT2D eigenvalue weighted by Gasteiger charge is 2.12. The van der Waals surface area contributed by atoms with Crippen LogP contribution in [0, 0.1) is 0 Å². The molecule has 1 amide bonds. The second kappa shape index (κ2) is 10.9. The normalized spacial score (nSPS) is 15.0. The summed E-state index contributed by atoms with van der Waals surface area (Å²) in [4.78, 5) is 14.8. The Labute approximate surface area is 150 Å². The maximum absolute atomic E-state index is 12.3. The van der Waals surface area contributed by atoms with Crippen LogP contribution in [0.1, 0.15) is 37.0 Å². The van der Waals surface area contributed by atoms with Gasteiger partial charge in [0.2, 0.25) is 0 Å². The molecule has 6 nitrogen and oxygen atoms in total. The van der Waals surface area contributed by atoms with Crippen LogP contribution in [0.4, 0.5) is 0 Å². The van der Waals surface area contributed by atoms with E-state index in [1.807, 2.05) is 13.0 Å². The molecule has 1 aliphatic rings. The highest BCUT2D eigenvalue weighted by molar-refractivity contribution is 5.94. The molecular weight excluding hydrogens is 318 g/mol. The minimum Gasteiger partial charge on any atom is -0.490 e. The monoisotopic (exact) mass is 349 g/mol. The number of amides is 1. The Morgan fingerprint density at radius 3 is 2.72 bits per heavy atom. The average molecular weight is 349 g/mol. The van der Waals surface area contributed by atoms with Crippen LogP contribution in [0.25, 0.3) is 0 Å². The van der Waals surface area contributed by atoms with Crippen LogP contribution in [-0.4, -0.2) is 63.3 Å². The Bertz CT molecular complexity index is 531. The average Bonchev–Trinajstić information content (AvgIpc) is 2.65. The molecule has 0 bridgehead atoms. The second-order valence-corrected chi connectivity index (χ2v) is 6.14. The molecule has 0 aliphatic carbocycles. The number of piperazine rings is 1. The van der Waals surface area contributed by atoms with Gasteiger partial charge in [-0.15, -0.1) is 0 Å². The molecule has 0 saturated carbocycles. The van der Waals surface area contributed by atoms with Crippen LogP contribution in [0.2, 0.25) is 0 Å². The maximum atomic E-state index is 12.3. The van der Waals surface area contributed by atoms with Gasteiger partial charge in [0.05, 0.1) is 13.2 Å². The van der Waals surface area contributed by atoms with Crippen molar-refractivity contribution in [1.29, 1.82) is 0 Å². The molecule has 0 radical (unpaired) electrons. The molecule has 1 aliphatic heterocycles. The second-order valence-electron chi connectivity index (χ2n) is 6.14. The van der Waals surface area contributed by atoms with Crippen molar-refractivity contribution in [2.24, 2.45) is 0 Å². The quantitative estimate of drug-likeness (QED) is 0.632. The van der Waals surface area contributed by atoms with Gasteiger partial charge in [0.25, 0.3) is 5.91 Å². The molecule has 1 aromatic carbocycles. The van der Waals surface area contributed by atoms with Crippen molar-refractivity contribution in [3.8, 4) is 11.5 Å². The first-order valence-corrected chi connectivity index (χ1v) is 9.35. The number of benzene rings is 1. The van der Waals surface area contributed by atoms with Crippen molar-refractivity contribution in [3.05, 3.63) is 23.8 Å². The predicted octanol–water partition coefficient (Wildman–Crippen LogP) is 1.90. The van der Waals surface area contributed by atoms with Gasteiger partial charge in [-0.05, 0) is 44.5 Å². The van der Waals surface area contributed by atoms with E-state index < -0.39 is 0 Å². The predicted molar refractivity (Wildman–Crippen MR) is 99.7 cm³/mol. The minimum absolute atomic E-state index is 0.0664. The van der Waals surface area contributed by atoms with Gasteiger partial charge in [0, 0.05) is 38.3 Å². The Morgan fingerprint density at radius 2 is 2.00 bits per heavy atom. The SMILES string of the molecule is CCCOc1ccc(C(=O)NCCCN2CCNCC2)cc1OCC. The number of carbonyl (C=O) groups excluding carboxylic acids is 1. The molecular formula is C19H31N3O3. The van der Waals surface area contributed by atoms with Crippen LogP contribution in [-0.2, 0) is 0 Å². The first-order chi connectivity index (χ1) is 12.2. The summed E-state index contributed by atoms with van der Waals surface area (Å²) in [7, 11) is 0. The lowest BCUT2D eigenvalue weighted by atomic mass is 10.2. The summed E-state index contributed by atoms with van der Waals surface area (Å²) in [6.07, 6.45) is 1.89. The third-order valence-corrected chi connectivity index (χ3v) is 4.11. The van der Waals surface area contributed by atoms with Crippen molar-refractivity contribution in [2.45, 2.75) is 26.7 Å². The maximum Gasteiger partial charge on any atom is 0.251 e. The van der Waals surface area contributed by atoms with Gasteiger partial charge >= 0.3 is 0 Å². The standard InChI is InChI=1S/C19H31N3O3/c1-3-14-25-17-7-6-16(15-18(17)24-4-2)19(23)21-8-5-11-22-12-9-20-10-13-22/h6-7,15,20H,3-5,8-14H2,1-2H3,(H,21,23). The zero-order valence-corrected chi connectivity index (χ0v) is 15.5. The van der Waals surface area contributed by atoms with Crippen molar-refractivity contribution in [3.63, 3.8) is 0 Å². The molecule has 0 aromatic heterocycles. The largest absolute Gasteiger partial charge is 0.490 e. The Morgan fingerprint density at radius 1 is 1.20 bits per heavy atom. The van der Waals surface area contributed by atoms with Gasteiger partial charge in [0.15, 0.2) is 11.5 Å². The molecule has 140 valence electrons. The Balaban J connectivity index is 1.82. The molecule has 25 heavy (non-hydrogen) atoms. The number of rotatable bonds is 10. The number of ether oxygens (including phenoxy) is 2. The smallest absolute Gasteiger partial charge is 0.251 e. The summed E-state index contributed by atoms with van der Waals surface area (Å²) < 4.78 is 11.3. The number of nitrogens with zero attached hydrogens (tertiary/aromatic N) is 1. The topological polar surface area (TPSA) is 62.8 Å². The van der Waals surface area contributed by atoms with E-state index in [4.69, 9.17) is 9.47 Å². The van der Waals surface area contributed by atoms with Gasteiger partial charge in [-0.25, -0.2) is 0 Å². The van der Waals surface area contributed by atoms with Gasteiger partial charge in [-0.2, -0.15) is 0 Å². The van der Waals surface area contributed by atoms with Gasteiger partial charge < -0.3 is 25.0 Å². The van der Waals surface area contributed by atoms with E-state index in [-0.39, 0.29) is 5.91 Å². The minimum atomic E-state index is -0.0664. The number of hydrogen-bond acceptors (Lipinski definition) is 5. The molecule has 2 N–H and O–H groups in total. The van der Waals surface area contributed by atoms with Crippen LogP contribution in [0.15, 0.2) is 18.2 Å². The van der Waals surface area contributed by atoms with Crippen molar-refractivity contribution in [1.82, 2.24) is 15.5 Å². The highest BCUT2D eigenvalue weighted by atomic mass is 16.5. The van der Waals surface area contributed by atoms with Crippen molar-refractivity contribution in [2.75, 3.05) is 52.5 Å². The molecule has 0 unspecified atom stereocenters. The fraction of sp³-hybridized carbons (Fsp3) is 0.632. The fourth-order valence-electron chi connectivity index (χ4n) is 2.79. The van der Waals surface area contributed by atoms with E-state index in [2.05, 4.69) is 22.5 Å². The van der Waals surface area contributed by atoms with E-state index in [1.54, 1.807) is 12.1 Å². The molecule has 1 saturated heterocycles. The molecule has 6 heteroatoms. The molecule has 0 spiro atoms. The molecule has 2 rings (SSSR count). The summed E-state index contributed by atoms with van der Waals surface area (Å²) in [5.41, 5.74) is 0.606. The Kier molecular flexibility index (Phi) is 8.55. The zero-order chi connectivity index (χ0) is 17.9. The summed E-state index contributed by atoms with van der Waals surface area (Å²) in [6.45, 7) is 11.1. The van der Waals surface area contributed by atoms with Crippen molar-refractivity contribution >= 4 is 5.91 Å². The van der Waals surface area contributed by atoms with Crippen LogP contribution >= 0.6 is 0 Å². The summed E-state index contributed by atoms with van der Waals surface area (Å²) >= 11 is 0. The molecule has 0 atom stereocenters. The number of nitrogens with one attached hydrogen (secondary N) is 2. The van der Waals surface area contributed by atoms with Crippen LogP contribution in [0.5, 0.6) is 11.5 Å². The third-order valence-electron chi connectivity index (χ3n) is 4.11. The highest BCUT2D eigenvalue weighted by Crippen LogP contribution is 2.28. The lowest BCUT2D eigenvalue weighted by molar-refractivity contribution is 0.0950. The van der Waals surface area contributed by atoms with E-state index in [1.165, 1.54) is 0 Å². The van der Waals surface area contributed by atoms with E-state index >= 15 is 0 Å². The van der Waals surface area contributed by atoms with Crippen LogP contribution in [0.3, 0.4) is 0 Å². The van der Waals surface area contributed by atoms with E-state index in [0.717, 1.165) is 45.6 Å². The third kappa shape index (κ3) is 6.55. The summed E-state index contributed by atoms with van der Waals surface area (Å²) in [6, 6.07) is 5.37. The molecule has 1 heterocycles. The first-order valence-electron chi connectivity index (χ1n) is 9.35. The summed E-state index contributed by atoms with van der Waals surface area (Å²) in [5, 5.41) is 6.34. The van der Waals surface area contributed by atoms with E-state index in [9.17, 15) is 4.79 Å². The van der Waals surface area contributed by atoms with Gasteiger partial charge in [-0.1, -0.05) is 6.92 Å². The molecule has 1 fully saturated rings. The lowest BCUT2D eigenvalue weighted by Crippen LogP contribution is -2.44. The van der Waals surface area contributed by atoms with Gasteiger partial charge in [0.1, 0.15) is 0 Å². The fourth-order valence-corrected chi connectivity index (χ4v) is 2.79. The van der Waals surface area contributed by atoms with E-state index in [0.29, 0.717) is 36.8 Å². The Hall–Kier alpha value is -1.79. The zero-order valence-electron chi connectivity index (χ0n) is 15.5. The summed E-state index contributed by atoms with van der Waals surface area (Å²) in [5.74, 6) is 1.26. The number of hydrogen-bond donors (Lipinski definition) is 2. The lowest BCUT2D eigenvalue weighted by Gasteiger charge is -2.27. The van der Waals surface area contributed by atoms with Crippen LogP contribution < -0.4 is 20.1 Å². The van der Waals surface area contributed by atoms with Crippen molar-refractivity contribution < 1.29 is 14.3 Å². The number of carbonyl (C=O) groups is 1. The first kappa shape index (κ1) is 19.5.